The molecular weight excluding hydrogens is 176 g/mol. The van der Waals surface area contributed by atoms with Crippen molar-refractivity contribution >= 4 is 0 Å². The highest BCUT2D eigenvalue weighted by atomic mass is 16.7. The topological polar surface area (TPSA) is 18.5 Å². The van der Waals surface area contributed by atoms with E-state index in [1.54, 1.807) is 0 Å². The fourth-order valence-corrected chi connectivity index (χ4v) is 2.05. The van der Waals surface area contributed by atoms with Crippen molar-refractivity contribution in [3.63, 3.8) is 0 Å². The van der Waals surface area contributed by atoms with Gasteiger partial charge in [-0.25, -0.2) is 0 Å². The fourth-order valence-electron chi connectivity index (χ4n) is 2.05. The Bertz CT molecular complexity index is 139. The summed E-state index contributed by atoms with van der Waals surface area (Å²) >= 11 is 0. The molecule has 0 aromatic heterocycles. The third-order valence-corrected chi connectivity index (χ3v) is 2.90. The molecule has 0 aromatic carbocycles. The van der Waals surface area contributed by atoms with Crippen molar-refractivity contribution in [2.75, 3.05) is 13.2 Å². The Labute approximate surface area is 88.0 Å². The van der Waals surface area contributed by atoms with Gasteiger partial charge in [0.05, 0.1) is 13.2 Å². The molecule has 2 nitrogen and oxygen atoms in total. The van der Waals surface area contributed by atoms with Crippen molar-refractivity contribution < 1.29 is 9.47 Å². The first-order chi connectivity index (χ1) is 6.77. The molecule has 1 saturated heterocycles. The van der Waals surface area contributed by atoms with Crippen molar-refractivity contribution in [1.29, 1.82) is 0 Å². The number of hydrogen-bond acceptors (Lipinski definition) is 2. The Morgan fingerprint density at radius 3 is 2.29 bits per heavy atom. The quantitative estimate of drug-likeness (QED) is 0.678. The van der Waals surface area contributed by atoms with Gasteiger partial charge in [-0.3, -0.25) is 0 Å². The maximum Gasteiger partial charge on any atom is 0.160 e. The monoisotopic (exact) mass is 200 g/mol. The number of ether oxygens (including phenoxy) is 2. The molecule has 0 amide bonds. The Morgan fingerprint density at radius 2 is 1.79 bits per heavy atom. The lowest BCUT2D eigenvalue weighted by Gasteiger charge is -2.32. The SMILES string of the molecule is CCCC1COC(C(C)CCC)OC1. The normalized spacial score (nSPS) is 30.2. The predicted octanol–water partition coefficient (Wildman–Crippen LogP) is 3.21. The summed E-state index contributed by atoms with van der Waals surface area (Å²) in [4.78, 5) is 0. The van der Waals surface area contributed by atoms with Gasteiger partial charge in [0, 0.05) is 11.8 Å². The maximum absolute atomic E-state index is 5.74. The summed E-state index contributed by atoms with van der Waals surface area (Å²) < 4.78 is 11.5. The van der Waals surface area contributed by atoms with Crippen molar-refractivity contribution in [2.45, 2.75) is 52.7 Å². The molecule has 0 aromatic rings. The second-order valence-electron chi connectivity index (χ2n) is 4.46. The zero-order valence-electron chi connectivity index (χ0n) is 9.79. The summed E-state index contributed by atoms with van der Waals surface area (Å²) in [6, 6.07) is 0. The average Bonchev–Trinajstić information content (AvgIpc) is 2.20. The molecular formula is C12H24O2. The standard InChI is InChI=1S/C12H24O2/c1-4-6-10(3)12-13-8-11(7-5-2)9-14-12/h10-12H,4-9H2,1-3H3. The molecule has 0 radical (unpaired) electrons. The number of hydrogen-bond donors (Lipinski definition) is 0. The Hall–Kier alpha value is -0.0800. The lowest BCUT2D eigenvalue weighted by atomic mass is 10.0. The molecule has 1 rings (SSSR count). The van der Waals surface area contributed by atoms with Crippen LogP contribution in [0, 0.1) is 11.8 Å². The summed E-state index contributed by atoms with van der Waals surface area (Å²) in [7, 11) is 0. The van der Waals surface area contributed by atoms with E-state index in [1.165, 1.54) is 25.7 Å². The van der Waals surface area contributed by atoms with Crippen LogP contribution in [0.5, 0.6) is 0 Å². The minimum absolute atomic E-state index is 0.0584. The molecule has 14 heavy (non-hydrogen) atoms. The highest BCUT2D eigenvalue weighted by Crippen LogP contribution is 2.22. The van der Waals surface area contributed by atoms with E-state index in [2.05, 4.69) is 20.8 Å². The first-order valence-corrected chi connectivity index (χ1v) is 6.01. The van der Waals surface area contributed by atoms with Crippen molar-refractivity contribution in [2.24, 2.45) is 11.8 Å². The fraction of sp³-hybridized carbons (Fsp3) is 1.00. The molecule has 1 fully saturated rings. The van der Waals surface area contributed by atoms with E-state index in [1.807, 2.05) is 0 Å². The molecule has 1 heterocycles. The third kappa shape index (κ3) is 3.58. The van der Waals surface area contributed by atoms with Crippen LogP contribution >= 0.6 is 0 Å². The molecule has 1 aliphatic heterocycles. The van der Waals surface area contributed by atoms with E-state index in [0.29, 0.717) is 11.8 Å². The Kier molecular flexibility index (Phi) is 5.49. The molecule has 1 unspecified atom stereocenters. The summed E-state index contributed by atoms with van der Waals surface area (Å²) in [6.45, 7) is 8.43. The third-order valence-electron chi connectivity index (χ3n) is 2.90. The zero-order chi connectivity index (χ0) is 10.4. The summed E-state index contributed by atoms with van der Waals surface area (Å²) in [5.41, 5.74) is 0. The Balaban J connectivity index is 2.21. The van der Waals surface area contributed by atoms with E-state index in [9.17, 15) is 0 Å². The molecule has 84 valence electrons. The molecule has 0 bridgehead atoms. The van der Waals surface area contributed by atoms with Gasteiger partial charge in [-0.05, 0) is 12.8 Å². The zero-order valence-corrected chi connectivity index (χ0v) is 9.79. The van der Waals surface area contributed by atoms with Crippen LogP contribution in [0.3, 0.4) is 0 Å². The second kappa shape index (κ2) is 6.41. The highest BCUT2D eigenvalue weighted by Gasteiger charge is 2.25. The van der Waals surface area contributed by atoms with Crippen LogP contribution in [0.1, 0.15) is 46.5 Å². The van der Waals surface area contributed by atoms with Crippen molar-refractivity contribution in [3.05, 3.63) is 0 Å². The van der Waals surface area contributed by atoms with Crippen LogP contribution in [-0.2, 0) is 9.47 Å². The summed E-state index contributed by atoms with van der Waals surface area (Å²) in [5.74, 6) is 1.17. The molecule has 1 atom stereocenters. The minimum atomic E-state index is 0.0584. The maximum atomic E-state index is 5.74. The van der Waals surface area contributed by atoms with Crippen LogP contribution < -0.4 is 0 Å². The van der Waals surface area contributed by atoms with Gasteiger partial charge >= 0.3 is 0 Å². The van der Waals surface area contributed by atoms with Crippen LogP contribution in [0.4, 0.5) is 0 Å². The molecule has 0 aliphatic carbocycles. The van der Waals surface area contributed by atoms with Crippen LogP contribution in [0.15, 0.2) is 0 Å². The van der Waals surface area contributed by atoms with E-state index in [4.69, 9.17) is 9.47 Å². The van der Waals surface area contributed by atoms with E-state index < -0.39 is 0 Å². The summed E-state index contributed by atoms with van der Waals surface area (Å²) in [6.07, 6.45) is 4.93. The Morgan fingerprint density at radius 1 is 1.14 bits per heavy atom. The molecule has 0 spiro atoms. The van der Waals surface area contributed by atoms with Gasteiger partial charge in [0.1, 0.15) is 0 Å². The van der Waals surface area contributed by atoms with Gasteiger partial charge in [0.25, 0.3) is 0 Å². The number of rotatable bonds is 5. The van der Waals surface area contributed by atoms with Crippen LogP contribution in [0.2, 0.25) is 0 Å². The first kappa shape index (κ1) is 12.0. The van der Waals surface area contributed by atoms with Crippen LogP contribution in [0.25, 0.3) is 0 Å². The van der Waals surface area contributed by atoms with Crippen molar-refractivity contribution in [1.82, 2.24) is 0 Å². The van der Waals surface area contributed by atoms with Crippen molar-refractivity contribution in [3.8, 4) is 0 Å². The molecule has 1 aliphatic rings. The van der Waals surface area contributed by atoms with Gasteiger partial charge < -0.3 is 9.47 Å². The van der Waals surface area contributed by atoms with E-state index >= 15 is 0 Å². The summed E-state index contributed by atoms with van der Waals surface area (Å²) in [5, 5.41) is 0. The lowest BCUT2D eigenvalue weighted by Crippen LogP contribution is -2.36. The minimum Gasteiger partial charge on any atom is -0.352 e. The smallest absolute Gasteiger partial charge is 0.160 e. The highest BCUT2D eigenvalue weighted by molar-refractivity contribution is 4.66. The first-order valence-electron chi connectivity index (χ1n) is 6.01. The molecule has 0 saturated carbocycles. The largest absolute Gasteiger partial charge is 0.352 e. The average molecular weight is 200 g/mol. The van der Waals surface area contributed by atoms with Gasteiger partial charge in [-0.1, -0.05) is 33.6 Å². The second-order valence-corrected chi connectivity index (χ2v) is 4.46. The molecule has 0 N–H and O–H groups in total. The van der Waals surface area contributed by atoms with E-state index in [0.717, 1.165) is 13.2 Å². The van der Waals surface area contributed by atoms with Gasteiger partial charge in [0.15, 0.2) is 6.29 Å². The van der Waals surface area contributed by atoms with Gasteiger partial charge in [0.2, 0.25) is 0 Å². The molecule has 2 heteroatoms. The van der Waals surface area contributed by atoms with Crippen LogP contribution in [-0.4, -0.2) is 19.5 Å². The van der Waals surface area contributed by atoms with Gasteiger partial charge in [-0.2, -0.15) is 0 Å². The lowest BCUT2D eigenvalue weighted by molar-refractivity contribution is -0.223. The van der Waals surface area contributed by atoms with E-state index in [-0.39, 0.29) is 6.29 Å². The predicted molar refractivity (Wildman–Crippen MR) is 58.2 cm³/mol. The van der Waals surface area contributed by atoms with Gasteiger partial charge in [-0.15, -0.1) is 0 Å².